The normalized spacial score (nSPS) is 10.6. The molecule has 0 aliphatic heterocycles. The van der Waals surface area contributed by atoms with Crippen molar-refractivity contribution in [3.05, 3.63) is 65.7 Å². The third kappa shape index (κ3) is 3.03. The second-order valence-corrected chi connectivity index (χ2v) is 5.34. The molecular formula is C19H20N2O. The van der Waals surface area contributed by atoms with Crippen molar-refractivity contribution in [2.45, 2.75) is 13.3 Å². The summed E-state index contributed by atoms with van der Waals surface area (Å²) in [7, 11) is 1.68. The lowest BCUT2D eigenvalue weighted by atomic mass is 10.1. The van der Waals surface area contributed by atoms with E-state index in [4.69, 9.17) is 9.72 Å². The van der Waals surface area contributed by atoms with E-state index in [0.29, 0.717) is 0 Å². The second kappa shape index (κ2) is 6.48. The molecule has 0 saturated heterocycles. The molecule has 0 spiro atoms. The Kier molecular flexibility index (Phi) is 4.24. The number of rotatable bonds is 5. The zero-order chi connectivity index (χ0) is 15.4. The third-order valence-corrected chi connectivity index (χ3v) is 3.79. The van der Waals surface area contributed by atoms with Gasteiger partial charge in [0.2, 0.25) is 0 Å². The molecule has 3 rings (SSSR count). The molecule has 3 aromatic rings. The van der Waals surface area contributed by atoms with Crippen LogP contribution in [0.4, 0.5) is 5.82 Å². The van der Waals surface area contributed by atoms with Gasteiger partial charge in [-0.25, -0.2) is 4.98 Å². The van der Waals surface area contributed by atoms with E-state index in [2.05, 4.69) is 48.6 Å². The molecule has 3 nitrogen and oxygen atoms in total. The fraction of sp³-hybridized carbons (Fsp3) is 0.211. The third-order valence-electron chi connectivity index (χ3n) is 3.79. The number of para-hydroxylation sites is 1. The minimum Gasteiger partial charge on any atom is -0.494 e. The highest BCUT2D eigenvalue weighted by Gasteiger charge is 2.07. The van der Waals surface area contributed by atoms with E-state index >= 15 is 0 Å². The number of hydrogen-bond donors (Lipinski definition) is 1. The maximum atomic E-state index is 5.42. The van der Waals surface area contributed by atoms with Crippen LogP contribution in [-0.2, 0) is 6.42 Å². The summed E-state index contributed by atoms with van der Waals surface area (Å²) in [6, 6.07) is 18.6. The lowest BCUT2D eigenvalue weighted by molar-refractivity contribution is 0.419. The quantitative estimate of drug-likeness (QED) is 0.765. The van der Waals surface area contributed by atoms with Gasteiger partial charge in [-0.3, -0.25) is 0 Å². The Balaban J connectivity index is 1.79. The van der Waals surface area contributed by atoms with E-state index in [9.17, 15) is 0 Å². The molecule has 3 heteroatoms. The van der Waals surface area contributed by atoms with Crippen LogP contribution in [0.1, 0.15) is 11.1 Å². The van der Waals surface area contributed by atoms with Crippen LogP contribution in [0.5, 0.6) is 5.75 Å². The number of methoxy groups -OCH3 is 1. The topological polar surface area (TPSA) is 34.1 Å². The van der Waals surface area contributed by atoms with Gasteiger partial charge in [0, 0.05) is 11.9 Å². The van der Waals surface area contributed by atoms with Gasteiger partial charge < -0.3 is 10.1 Å². The van der Waals surface area contributed by atoms with Gasteiger partial charge in [-0.05, 0) is 36.6 Å². The molecule has 0 unspecified atom stereocenters. The summed E-state index contributed by atoms with van der Waals surface area (Å²) < 4.78 is 5.42. The van der Waals surface area contributed by atoms with E-state index in [1.165, 1.54) is 11.1 Å². The molecule has 0 fully saturated rings. The van der Waals surface area contributed by atoms with Gasteiger partial charge in [0.15, 0.2) is 0 Å². The van der Waals surface area contributed by atoms with E-state index in [1.54, 1.807) is 7.11 Å². The first-order valence-corrected chi connectivity index (χ1v) is 7.50. The van der Waals surface area contributed by atoms with Crippen molar-refractivity contribution < 1.29 is 4.74 Å². The lowest BCUT2D eigenvalue weighted by Gasteiger charge is -2.11. The van der Waals surface area contributed by atoms with E-state index < -0.39 is 0 Å². The fourth-order valence-corrected chi connectivity index (χ4v) is 2.63. The number of fused-ring (bicyclic) bond motifs is 1. The molecule has 0 aliphatic rings. The smallest absolute Gasteiger partial charge is 0.145 e. The van der Waals surface area contributed by atoms with Gasteiger partial charge in [-0.15, -0.1) is 0 Å². The molecule has 1 N–H and O–H groups in total. The van der Waals surface area contributed by atoms with Gasteiger partial charge in [0.1, 0.15) is 17.1 Å². The average Bonchev–Trinajstić information content (AvgIpc) is 2.55. The number of anilines is 1. The molecule has 0 radical (unpaired) electrons. The maximum Gasteiger partial charge on any atom is 0.145 e. The molecule has 0 saturated carbocycles. The van der Waals surface area contributed by atoms with E-state index in [0.717, 1.165) is 35.4 Å². The van der Waals surface area contributed by atoms with Gasteiger partial charge in [0.05, 0.1) is 7.11 Å². The van der Waals surface area contributed by atoms with Crippen molar-refractivity contribution in [2.75, 3.05) is 19.0 Å². The first-order chi connectivity index (χ1) is 10.8. The van der Waals surface area contributed by atoms with Crippen LogP contribution in [0.2, 0.25) is 0 Å². The lowest BCUT2D eigenvalue weighted by Crippen LogP contribution is -2.07. The van der Waals surface area contributed by atoms with Crippen molar-refractivity contribution in [1.82, 2.24) is 4.98 Å². The van der Waals surface area contributed by atoms with Gasteiger partial charge in [-0.2, -0.15) is 0 Å². The molecule has 0 atom stereocenters. The fourth-order valence-electron chi connectivity index (χ4n) is 2.63. The van der Waals surface area contributed by atoms with E-state index in [1.807, 2.05) is 18.2 Å². The van der Waals surface area contributed by atoms with Crippen LogP contribution in [0, 0.1) is 6.92 Å². The number of hydrogen-bond acceptors (Lipinski definition) is 3. The monoisotopic (exact) mass is 292 g/mol. The SMILES string of the molecule is COc1cccc2c(C)cc(NCCc3ccccc3)nc12. The summed E-state index contributed by atoms with van der Waals surface area (Å²) in [5, 5.41) is 4.54. The predicted octanol–water partition coefficient (Wildman–Crippen LogP) is 4.21. The number of benzene rings is 2. The summed E-state index contributed by atoms with van der Waals surface area (Å²) in [6.07, 6.45) is 0.978. The molecule has 1 heterocycles. The standard InChI is InChI=1S/C19H20N2O/c1-14-13-18(20-12-11-15-7-4-3-5-8-15)21-19-16(14)9-6-10-17(19)22-2/h3-10,13H,11-12H2,1-2H3,(H,20,21). The van der Waals surface area contributed by atoms with E-state index in [-0.39, 0.29) is 0 Å². The summed E-state index contributed by atoms with van der Waals surface area (Å²) >= 11 is 0. The van der Waals surface area contributed by atoms with Crippen LogP contribution in [0.15, 0.2) is 54.6 Å². The molecule has 2 aromatic carbocycles. The van der Waals surface area contributed by atoms with Crippen LogP contribution in [-0.4, -0.2) is 18.6 Å². The van der Waals surface area contributed by atoms with Crippen LogP contribution in [0.25, 0.3) is 10.9 Å². The zero-order valence-electron chi connectivity index (χ0n) is 13.0. The van der Waals surface area contributed by atoms with Crippen molar-refractivity contribution >= 4 is 16.7 Å². The Morgan fingerprint density at radius 3 is 2.64 bits per heavy atom. The summed E-state index contributed by atoms with van der Waals surface area (Å²) in [6.45, 7) is 2.96. The number of nitrogens with zero attached hydrogens (tertiary/aromatic N) is 1. The van der Waals surface area contributed by atoms with Crippen LogP contribution < -0.4 is 10.1 Å². The molecule has 22 heavy (non-hydrogen) atoms. The van der Waals surface area contributed by atoms with Crippen LogP contribution >= 0.6 is 0 Å². The first-order valence-electron chi connectivity index (χ1n) is 7.50. The second-order valence-electron chi connectivity index (χ2n) is 5.34. The van der Waals surface area contributed by atoms with Crippen molar-refractivity contribution in [3.8, 4) is 5.75 Å². The average molecular weight is 292 g/mol. The molecule has 112 valence electrons. The Hall–Kier alpha value is -2.55. The highest BCUT2D eigenvalue weighted by atomic mass is 16.5. The number of aromatic nitrogens is 1. The molecule has 0 amide bonds. The minimum atomic E-state index is 0.812. The number of aryl methyl sites for hydroxylation is 1. The summed E-state index contributed by atoms with van der Waals surface area (Å²) in [5.41, 5.74) is 3.43. The van der Waals surface area contributed by atoms with Crippen molar-refractivity contribution in [3.63, 3.8) is 0 Å². The number of pyridine rings is 1. The molecule has 1 aromatic heterocycles. The highest BCUT2D eigenvalue weighted by molar-refractivity contribution is 5.88. The molecule has 0 bridgehead atoms. The largest absolute Gasteiger partial charge is 0.494 e. The summed E-state index contributed by atoms with van der Waals surface area (Å²) in [5.74, 6) is 1.71. The number of nitrogens with one attached hydrogen (secondary N) is 1. The minimum absolute atomic E-state index is 0.812. The summed E-state index contributed by atoms with van der Waals surface area (Å²) in [4.78, 5) is 4.70. The van der Waals surface area contributed by atoms with Gasteiger partial charge >= 0.3 is 0 Å². The molecule has 0 aliphatic carbocycles. The van der Waals surface area contributed by atoms with Crippen LogP contribution in [0.3, 0.4) is 0 Å². The van der Waals surface area contributed by atoms with Crippen molar-refractivity contribution in [1.29, 1.82) is 0 Å². The highest BCUT2D eigenvalue weighted by Crippen LogP contribution is 2.27. The maximum absolute atomic E-state index is 5.42. The predicted molar refractivity (Wildman–Crippen MR) is 91.7 cm³/mol. The number of ether oxygens (including phenoxy) is 1. The first kappa shape index (κ1) is 14.4. The molecular weight excluding hydrogens is 272 g/mol. The zero-order valence-corrected chi connectivity index (χ0v) is 13.0. The Morgan fingerprint density at radius 2 is 1.86 bits per heavy atom. The van der Waals surface area contributed by atoms with Gasteiger partial charge in [0.25, 0.3) is 0 Å². The Morgan fingerprint density at radius 1 is 1.05 bits per heavy atom. The Labute approximate surface area is 131 Å². The van der Waals surface area contributed by atoms with Gasteiger partial charge in [-0.1, -0.05) is 42.5 Å². The Bertz CT molecular complexity index is 769. The van der Waals surface area contributed by atoms with Crippen molar-refractivity contribution in [2.24, 2.45) is 0 Å².